The zero-order valence-electron chi connectivity index (χ0n) is 14.9. The summed E-state index contributed by atoms with van der Waals surface area (Å²) in [6.07, 6.45) is 7.40. The van der Waals surface area contributed by atoms with Gasteiger partial charge in [0, 0.05) is 44.6 Å². The summed E-state index contributed by atoms with van der Waals surface area (Å²) in [6, 6.07) is 2.29. The van der Waals surface area contributed by atoms with Crippen molar-refractivity contribution in [3.05, 3.63) is 29.1 Å². The fourth-order valence-electron chi connectivity index (χ4n) is 2.83. The lowest BCUT2D eigenvalue weighted by Gasteiger charge is -2.33. The highest BCUT2D eigenvalue weighted by Gasteiger charge is 2.16. The molecule has 0 amide bonds. The molecule has 1 saturated heterocycles. The van der Waals surface area contributed by atoms with Crippen LogP contribution in [-0.4, -0.2) is 47.5 Å². The highest BCUT2D eigenvalue weighted by molar-refractivity contribution is 5.26. The molecule has 0 N–H and O–H groups in total. The summed E-state index contributed by atoms with van der Waals surface area (Å²) < 4.78 is 0. The number of aryl methyl sites for hydroxylation is 1. The summed E-state index contributed by atoms with van der Waals surface area (Å²) in [6.45, 7) is 16.6. The number of hydrogen-bond acceptors (Lipinski definition) is 3. The number of pyridine rings is 1. The van der Waals surface area contributed by atoms with Crippen molar-refractivity contribution in [2.45, 2.75) is 47.1 Å². The lowest BCUT2D eigenvalue weighted by molar-refractivity contribution is 0.138. The second-order valence-corrected chi connectivity index (χ2v) is 5.96. The van der Waals surface area contributed by atoms with E-state index in [1.165, 1.54) is 16.8 Å². The van der Waals surface area contributed by atoms with Crippen LogP contribution in [0.25, 0.3) is 0 Å². The molecule has 0 spiro atoms. The summed E-state index contributed by atoms with van der Waals surface area (Å²) in [7, 11) is 0. The van der Waals surface area contributed by atoms with Crippen molar-refractivity contribution in [1.82, 2.24) is 14.8 Å². The van der Waals surface area contributed by atoms with E-state index in [9.17, 15) is 0 Å². The standard InChI is InChI=1S/C17H25N3.C2H6/c1-5-6-19-7-9-20(10-8-19)13-16-11-15(4)17(14(2)3)18-12-16;1-2/h1,11-12,14H,6-10,13H2,2-4H3;1-2H3. The average Bonchev–Trinajstić information content (AvgIpc) is 2.51. The molecule has 1 aromatic heterocycles. The molecule has 22 heavy (non-hydrogen) atoms. The molecule has 0 saturated carbocycles. The predicted molar refractivity (Wildman–Crippen MR) is 95.0 cm³/mol. The average molecular weight is 301 g/mol. The summed E-state index contributed by atoms with van der Waals surface area (Å²) >= 11 is 0. The van der Waals surface area contributed by atoms with Gasteiger partial charge >= 0.3 is 0 Å². The predicted octanol–water partition coefficient (Wildman–Crippen LogP) is 3.29. The quantitative estimate of drug-likeness (QED) is 0.796. The van der Waals surface area contributed by atoms with Crippen molar-refractivity contribution in [3.63, 3.8) is 0 Å². The monoisotopic (exact) mass is 301 g/mol. The first-order valence-corrected chi connectivity index (χ1v) is 8.43. The fraction of sp³-hybridized carbons (Fsp3) is 0.632. The highest BCUT2D eigenvalue weighted by Crippen LogP contribution is 2.18. The highest BCUT2D eigenvalue weighted by atomic mass is 15.3. The first kappa shape index (κ1) is 18.7. The Morgan fingerprint density at radius 1 is 1.18 bits per heavy atom. The molecule has 1 aliphatic heterocycles. The molecule has 1 aliphatic rings. The third-order valence-corrected chi connectivity index (χ3v) is 3.91. The second-order valence-electron chi connectivity index (χ2n) is 5.96. The van der Waals surface area contributed by atoms with Crippen molar-refractivity contribution in [3.8, 4) is 12.3 Å². The maximum absolute atomic E-state index is 5.36. The Morgan fingerprint density at radius 3 is 2.27 bits per heavy atom. The third kappa shape index (κ3) is 5.44. The van der Waals surface area contributed by atoms with E-state index >= 15 is 0 Å². The fourth-order valence-corrected chi connectivity index (χ4v) is 2.83. The molecule has 2 rings (SSSR count). The van der Waals surface area contributed by atoms with Gasteiger partial charge in [0.2, 0.25) is 0 Å². The number of rotatable bonds is 4. The van der Waals surface area contributed by atoms with Crippen LogP contribution < -0.4 is 0 Å². The SMILES string of the molecule is C#CCN1CCN(Cc2cnc(C(C)C)c(C)c2)CC1.CC. The summed E-state index contributed by atoms with van der Waals surface area (Å²) in [4.78, 5) is 9.44. The third-order valence-electron chi connectivity index (χ3n) is 3.91. The first-order valence-electron chi connectivity index (χ1n) is 8.43. The molecule has 0 aliphatic carbocycles. The van der Waals surface area contributed by atoms with E-state index in [1.54, 1.807) is 0 Å². The number of nitrogens with zero attached hydrogens (tertiary/aromatic N) is 3. The molecule has 1 aromatic rings. The van der Waals surface area contributed by atoms with Gasteiger partial charge in [0.15, 0.2) is 0 Å². The van der Waals surface area contributed by atoms with Gasteiger partial charge in [0.1, 0.15) is 0 Å². The van der Waals surface area contributed by atoms with Gasteiger partial charge < -0.3 is 0 Å². The number of piperazine rings is 1. The number of terminal acetylenes is 1. The van der Waals surface area contributed by atoms with E-state index in [0.717, 1.165) is 39.3 Å². The van der Waals surface area contributed by atoms with Crippen LogP contribution in [-0.2, 0) is 6.54 Å². The van der Waals surface area contributed by atoms with E-state index in [0.29, 0.717) is 5.92 Å². The Hall–Kier alpha value is -1.37. The second kappa shape index (κ2) is 9.61. The molecule has 0 atom stereocenters. The lowest BCUT2D eigenvalue weighted by atomic mass is 10.0. The van der Waals surface area contributed by atoms with Gasteiger partial charge in [-0.2, -0.15) is 0 Å². The molecular formula is C19H31N3. The first-order chi connectivity index (χ1) is 10.6. The van der Waals surface area contributed by atoms with Crippen LogP contribution in [0.1, 0.15) is 50.4 Å². The minimum absolute atomic E-state index is 0.497. The Bertz CT molecular complexity index is 480. The summed E-state index contributed by atoms with van der Waals surface area (Å²) in [5.41, 5.74) is 3.84. The van der Waals surface area contributed by atoms with Crippen LogP contribution in [0.2, 0.25) is 0 Å². The van der Waals surface area contributed by atoms with Crippen molar-refractivity contribution in [2.75, 3.05) is 32.7 Å². The van der Waals surface area contributed by atoms with Crippen LogP contribution in [0.5, 0.6) is 0 Å². The van der Waals surface area contributed by atoms with E-state index in [2.05, 4.69) is 47.5 Å². The van der Waals surface area contributed by atoms with Crippen molar-refractivity contribution >= 4 is 0 Å². The smallest absolute Gasteiger partial charge is 0.0599 e. The topological polar surface area (TPSA) is 19.4 Å². The van der Waals surface area contributed by atoms with Crippen molar-refractivity contribution < 1.29 is 0 Å². The largest absolute Gasteiger partial charge is 0.296 e. The van der Waals surface area contributed by atoms with E-state index < -0.39 is 0 Å². The van der Waals surface area contributed by atoms with Crippen LogP contribution in [0, 0.1) is 19.3 Å². The van der Waals surface area contributed by atoms with Gasteiger partial charge in [0.05, 0.1) is 6.54 Å². The molecular weight excluding hydrogens is 270 g/mol. The van der Waals surface area contributed by atoms with Gasteiger partial charge in [0.25, 0.3) is 0 Å². The number of aromatic nitrogens is 1. The van der Waals surface area contributed by atoms with Gasteiger partial charge in [-0.05, 0) is 24.0 Å². The molecule has 0 radical (unpaired) electrons. The van der Waals surface area contributed by atoms with Crippen LogP contribution in [0.15, 0.2) is 12.3 Å². The molecule has 0 aromatic carbocycles. The molecule has 2 heterocycles. The van der Waals surface area contributed by atoms with Gasteiger partial charge in [-0.15, -0.1) is 6.42 Å². The molecule has 3 heteroatoms. The van der Waals surface area contributed by atoms with Crippen molar-refractivity contribution in [2.24, 2.45) is 0 Å². The number of hydrogen-bond donors (Lipinski definition) is 0. The van der Waals surface area contributed by atoms with Crippen LogP contribution >= 0.6 is 0 Å². The molecule has 122 valence electrons. The Balaban J connectivity index is 0.00000116. The minimum Gasteiger partial charge on any atom is -0.296 e. The van der Waals surface area contributed by atoms with Crippen molar-refractivity contribution in [1.29, 1.82) is 0 Å². The minimum atomic E-state index is 0.497. The maximum atomic E-state index is 5.36. The summed E-state index contributed by atoms with van der Waals surface area (Å²) in [5, 5.41) is 0. The Kier molecular flexibility index (Phi) is 8.16. The molecule has 3 nitrogen and oxygen atoms in total. The summed E-state index contributed by atoms with van der Waals surface area (Å²) in [5.74, 6) is 3.22. The van der Waals surface area contributed by atoms with Crippen LogP contribution in [0.3, 0.4) is 0 Å². The lowest BCUT2D eigenvalue weighted by Crippen LogP contribution is -2.45. The Labute approximate surface area is 136 Å². The van der Waals surface area contributed by atoms with Gasteiger partial charge in [-0.25, -0.2) is 0 Å². The van der Waals surface area contributed by atoms with Gasteiger partial charge in [-0.1, -0.05) is 39.7 Å². The van der Waals surface area contributed by atoms with E-state index in [4.69, 9.17) is 6.42 Å². The molecule has 0 bridgehead atoms. The zero-order valence-corrected chi connectivity index (χ0v) is 14.9. The normalized spacial score (nSPS) is 16.0. The maximum Gasteiger partial charge on any atom is 0.0599 e. The zero-order chi connectivity index (χ0) is 16.5. The molecule has 1 fully saturated rings. The molecule has 0 unspecified atom stereocenters. The van der Waals surface area contributed by atoms with E-state index in [-0.39, 0.29) is 0 Å². The van der Waals surface area contributed by atoms with E-state index in [1.807, 2.05) is 20.0 Å². The van der Waals surface area contributed by atoms with Gasteiger partial charge in [-0.3, -0.25) is 14.8 Å². The Morgan fingerprint density at radius 2 is 1.77 bits per heavy atom. The van der Waals surface area contributed by atoms with Crippen LogP contribution in [0.4, 0.5) is 0 Å².